The van der Waals surface area contributed by atoms with Crippen LogP contribution in [0, 0.1) is 5.41 Å². The zero-order chi connectivity index (χ0) is 15.8. The SMILES string of the molecule is CN1CCN(C(=O)C2(C(N)=S)CCCCC2)C(C)(C)C1=O. The maximum Gasteiger partial charge on any atom is 0.247 e. The van der Waals surface area contributed by atoms with Gasteiger partial charge in [0.2, 0.25) is 11.8 Å². The van der Waals surface area contributed by atoms with Crippen LogP contribution in [-0.2, 0) is 9.59 Å². The Morgan fingerprint density at radius 3 is 2.29 bits per heavy atom. The lowest BCUT2D eigenvalue weighted by Gasteiger charge is -2.49. The van der Waals surface area contributed by atoms with Crippen molar-refractivity contribution in [1.82, 2.24) is 9.80 Å². The molecule has 5 nitrogen and oxygen atoms in total. The second kappa shape index (κ2) is 5.55. The number of piperazine rings is 1. The Balaban J connectivity index is 2.33. The van der Waals surface area contributed by atoms with Crippen LogP contribution in [0.4, 0.5) is 0 Å². The molecule has 2 fully saturated rings. The molecule has 2 amide bonds. The van der Waals surface area contributed by atoms with Crippen LogP contribution < -0.4 is 5.73 Å². The number of carbonyl (C=O) groups is 2. The first-order valence-corrected chi connectivity index (χ1v) is 8.02. The zero-order valence-electron chi connectivity index (χ0n) is 13.1. The largest absolute Gasteiger partial charge is 0.392 e. The van der Waals surface area contributed by atoms with E-state index in [9.17, 15) is 9.59 Å². The highest BCUT2D eigenvalue weighted by atomic mass is 32.1. The Bertz CT molecular complexity index is 470. The minimum absolute atomic E-state index is 0.0315. The fourth-order valence-electron chi connectivity index (χ4n) is 3.55. The van der Waals surface area contributed by atoms with E-state index in [1.807, 2.05) is 0 Å². The number of hydrogen-bond donors (Lipinski definition) is 1. The summed E-state index contributed by atoms with van der Waals surface area (Å²) in [4.78, 5) is 29.2. The third-order valence-electron chi connectivity index (χ3n) is 5.04. The highest BCUT2D eigenvalue weighted by Crippen LogP contribution is 2.40. The minimum Gasteiger partial charge on any atom is -0.392 e. The number of hydrogen-bond acceptors (Lipinski definition) is 3. The van der Waals surface area contributed by atoms with Crippen molar-refractivity contribution in [3.05, 3.63) is 0 Å². The van der Waals surface area contributed by atoms with Crippen LogP contribution in [0.5, 0.6) is 0 Å². The van der Waals surface area contributed by atoms with Crippen molar-refractivity contribution in [2.24, 2.45) is 11.1 Å². The molecule has 0 atom stereocenters. The summed E-state index contributed by atoms with van der Waals surface area (Å²) in [7, 11) is 1.77. The van der Waals surface area contributed by atoms with Crippen molar-refractivity contribution in [2.45, 2.75) is 51.5 Å². The number of carbonyl (C=O) groups excluding carboxylic acids is 2. The lowest BCUT2D eigenvalue weighted by atomic mass is 9.72. The summed E-state index contributed by atoms with van der Waals surface area (Å²) >= 11 is 5.24. The lowest BCUT2D eigenvalue weighted by molar-refractivity contribution is -0.161. The standard InChI is InChI=1S/C15H25N3O2S/c1-14(2)12(19)17(3)9-10-18(14)13(20)15(11(16)21)7-5-4-6-8-15/h4-10H2,1-3H3,(H2,16,21). The number of rotatable bonds is 2. The van der Waals surface area contributed by atoms with Gasteiger partial charge in [0.05, 0.1) is 10.4 Å². The molecule has 1 saturated heterocycles. The summed E-state index contributed by atoms with van der Waals surface area (Å²) in [5.41, 5.74) is 4.37. The van der Waals surface area contributed by atoms with Crippen LogP contribution >= 0.6 is 12.2 Å². The van der Waals surface area contributed by atoms with Gasteiger partial charge < -0.3 is 15.5 Å². The Hall–Kier alpha value is -1.17. The van der Waals surface area contributed by atoms with E-state index in [1.54, 1.807) is 30.7 Å². The van der Waals surface area contributed by atoms with Gasteiger partial charge in [0.15, 0.2) is 0 Å². The summed E-state index contributed by atoms with van der Waals surface area (Å²) in [5, 5.41) is 0. The van der Waals surface area contributed by atoms with Crippen LogP contribution in [-0.4, -0.2) is 52.3 Å². The molecule has 1 aliphatic carbocycles. The number of amides is 2. The smallest absolute Gasteiger partial charge is 0.247 e. The Morgan fingerprint density at radius 2 is 1.76 bits per heavy atom. The first-order chi connectivity index (χ1) is 9.73. The maximum absolute atomic E-state index is 13.2. The number of likely N-dealkylation sites (N-methyl/N-ethyl adjacent to an activating group) is 1. The second-order valence-electron chi connectivity index (χ2n) is 6.75. The van der Waals surface area contributed by atoms with Gasteiger partial charge in [-0.2, -0.15) is 0 Å². The van der Waals surface area contributed by atoms with Gasteiger partial charge in [0.25, 0.3) is 0 Å². The Kier molecular flexibility index (Phi) is 4.29. The third kappa shape index (κ3) is 2.54. The summed E-state index contributed by atoms with van der Waals surface area (Å²) in [6.45, 7) is 4.71. The van der Waals surface area contributed by atoms with Gasteiger partial charge in [0, 0.05) is 20.1 Å². The van der Waals surface area contributed by atoms with E-state index in [0.717, 1.165) is 19.3 Å². The Morgan fingerprint density at radius 1 is 1.19 bits per heavy atom. The molecule has 2 aliphatic rings. The van der Waals surface area contributed by atoms with Crippen molar-refractivity contribution in [2.75, 3.05) is 20.1 Å². The fourth-order valence-corrected chi connectivity index (χ4v) is 3.84. The zero-order valence-corrected chi connectivity index (χ0v) is 14.0. The molecule has 2 rings (SSSR count). The molecule has 1 heterocycles. The monoisotopic (exact) mass is 311 g/mol. The molecule has 1 saturated carbocycles. The number of thiocarbonyl (C=S) groups is 1. The quantitative estimate of drug-likeness (QED) is 0.781. The molecule has 0 spiro atoms. The molecule has 1 aliphatic heterocycles. The topological polar surface area (TPSA) is 66.6 Å². The molecule has 118 valence electrons. The van der Waals surface area contributed by atoms with Crippen molar-refractivity contribution >= 4 is 29.0 Å². The fraction of sp³-hybridized carbons (Fsp3) is 0.800. The molecule has 0 aromatic carbocycles. The van der Waals surface area contributed by atoms with Crippen LogP contribution in [0.25, 0.3) is 0 Å². The molecule has 21 heavy (non-hydrogen) atoms. The molecule has 0 radical (unpaired) electrons. The van der Waals surface area contributed by atoms with Crippen LogP contribution in [0.1, 0.15) is 46.0 Å². The van der Waals surface area contributed by atoms with E-state index in [4.69, 9.17) is 18.0 Å². The van der Waals surface area contributed by atoms with Gasteiger partial charge in [-0.3, -0.25) is 9.59 Å². The minimum atomic E-state index is -0.834. The van der Waals surface area contributed by atoms with Gasteiger partial charge in [-0.1, -0.05) is 31.5 Å². The molecule has 2 N–H and O–H groups in total. The van der Waals surface area contributed by atoms with Gasteiger partial charge in [-0.05, 0) is 26.7 Å². The summed E-state index contributed by atoms with van der Waals surface area (Å²) in [5.74, 6) is -0.0860. The van der Waals surface area contributed by atoms with E-state index in [1.165, 1.54) is 0 Å². The molecule has 0 unspecified atom stereocenters. The first kappa shape index (κ1) is 16.2. The summed E-state index contributed by atoms with van der Waals surface area (Å²) in [6, 6.07) is 0. The van der Waals surface area contributed by atoms with Crippen LogP contribution in [0.3, 0.4) is 0 Å². The van der Waals surface area contributed by atoms with Crippen LogP contribution in [0.15, 0.2) is 0 Å². The van der Waals surface area contributed by atoms with Gasteiger partial charge in [-0.25, -0.2) is 0 Å². The predicted octanol–water partition coefficient (Wildman–Crippen LogP) is 1.30. The van der Waals surface area contributed by atoms with Crippen molar-refractivity contribution < 1.29 is 9.59 Å². The van der Waals surface area contributed by atoms with E-state index in [-0.39, 0.29) is 16.8 Å². The Labute approximate surface area is 131 Å². The normalized spacial score (nSPS) is 24.8. The summed E-state index contributed by atoms with van der Waals surface area (Å²) in [6.07, 6.45) is 4.45. The van der Waals surface area contributed by atoms with Gasteiger partial charge >= 0.3 is 0 Å². The second-order valence-corrected chi connectivity index (χ2v) is 7.19. The van der Waals surface area contributed by atoms with Crippen molar-refractivity contribution in [3.63, 3.8) is 0 Å². The third-order valence-corrected chi connectivity index (χ3v) is 5.43. The molecular formula is C15H25N3O2S. The van der Waals surface area contributed by atoms with Crippen molar-refractivity contribution in [3.8, 4) is 0 Å². The molecule has 0 aromatic heterocycles. The van der Waals surface area contributed by atoms with E-state index in [2.05, 4.69) is 0 Å². The van der Waals surface area contributed by atoms with E-state index >= 15 is 0 Å². The van der Waals surface area contributed by atoms with Gasteiger partial charge in [-0.15, -0.1) is 0 Å². The highest BCUT2D eigenvalue weighted by Gasteiger charge is 2.51. The maximum atomic E-state index is 13.2. The highest BCUT2D eigenvalue weighted by molar-refractivity contribution is 7.80. The average molecular weight is 311 g/mol. The van der Waals surface area contributed by atoms with E-state index < -0.39 is 11.0 Å². The van der Waals surface area contributed by atoms with E-state index in [0.29, 0.717) is 25.9 Å². The summed E-state index contributed by atoms with van der Waals surface area (Å²) < 4.78 is 0. The lowest BCUT2D eigenvalue weighted by Crippen LogP contribution is -2.67. The van der Waals surface area contributed by atoms with Crippen LogP contribution in [0.2, 0.25) is 0 Å². The first-order valence-electron chi connectivity index (χ1n) is 7.61. The average Bonchev–Trinajstić information content (AvgIpc) is 2.45. The van der Waals surface area contributed by atoms with Crippen molar-refractivity contribution in [1.29, 1.82) is 0 Å². The molecular weight excluding hydrogens is 286 g/mol. The molecule has 6 heteroatoms. The predicted molar refractivity (Wildman–Crippen MR) is 85.7 cm³/mol. The number of nitrogens with zero attached hydrogens (tertiary/aromatic N) is 2. The van der Waals surface area contributed by atoms with Gasteiger partial charge in [0.1, 0.15) is 5.54 Å². The molecule has 0 bridgehead atoms. The molecule has 0 aromatic rings. The number of nitrogens with two attached hydrogens (primary N) is 1.